The Labute approximate surface area is 362 Å². The van der Waals surface area contributed by atoms with Crippen LogP contribution in [-0.4, -0.2) is 13.2 Å². The third kappa shape index (κ3) is 14.4. The van der Waals surface area contributed by atoms with E-state index in [1.165, 1.54) is 157 Å². The number of hydrogen-bond donors (Lipinski definition) is 0. The lowest BCUT2D eigenvalue weighted by Crippen LogP contribution is -2.18. The topological polar surface area (TPSA) is 18.5 Å². The van der Waals surface area contributed by atoms with E-state index in [-0.39, 0.29) is 0 Å². The molecule has 0 saturated heterocycles. The highest BCUT2D eigenvalue weighted by Gasteiger charge is 2.28. The average Bonchev–Trinajstić information content (AvgIpc) is 3.28. The summed E-state index contributed by atoms with van der Waals surface area (Å²) in [4.78, 5) is 0. The summed E-state index contributed by atoms with van der Waals surface area (Å²) < 4.78 is 11.8. The van der Waals surface area contributed by atoms with Gasteiger partial charge in [-0.25, -0.2) is 0 Å². The van der Waals surface area contributed by atoms with Crippen LogP contribution in [-0.2, 0) is 0 Å². The zero-order valence-electron chi connectivity index (χ0n) is 37.9. The van der Waals surface area contributed by atoms with Gasteiger partial charge in [-0.15, -0.1) is 0 Å². The fourth-order valence-electron chi connectivity index (χ4n) is 10.9. The van der Waals surface area contributed by atoms with Gasteiger partial charge in [0.1, 0.15) is 11.5 Å². The van der Waals surface area contributed by atoms with Crippen LogP contribution < -0.4 is 9.47 Å². The molecule has 2 aromatic rings. The van der Waals surface area contributed by atoms with Crippen molar-refractivity contribution in [1.29, 1.82) is 0 Å². The van der Waals surface area contributed by atoms with E-state index < -0.39 is 0 Å². The standard InChI is InChI=1S/C57H80O2/c1-5-9-42-59-56-39-35-52(36-40-56)49-26-19-46(20-27-49)13-10-14-57(53-30-23-45(12-7-3)24-31-53)54(43-48-17-15-44(11-6-2)16-18-48)32-25-47-21-28-50(29-22-47)51-33-37-55(38-34-51)58-41-8-4/h14,33-40,43-50,53H,5-9,11-12,15-24,26-31,41-42H2,1-4H3/b54-43?,57-14+/t44-,45-,46-,47?,48-,49-,50?,53-. The first-order chi connectivity index (χ1) is 29.0. The Morgan fingerprint density at radius 3 is 1.56 bits per heavy atom. The molecule has 0 amide bonds. The van der Waals surface area contributed by atoms with Crippen LogP contribution >= 0.6 is 0 Å². The maximum Gasteiger partial charge on any atom is 0.119 e. The van der Waals surface area contributed by atoms with Crippen LogP contribution in [0.1, 0.15) is 198 Å². The van der Waals surface area contributed by atoms with E-state index in [9.17, 15) is 0 Å². The molecule has 0 atom stereocenters. The van der Waals surface area contributed by atoms with Gasteiger partial charge in [0.15, 0.2) is 0 Å². The molecule has 2 nitrogen and oxygen atoms in total. The van der Waals surface area contributed by atoms with Crippen LogP contribution in [0.4, 0.5) is 0 Å². The van der Waals surface area contributed by atoms with Gasteiger partial charge in [0, 0.05) is 17.4 Å². The van der Waals surface area contributed by atoms with E-state index in [0.29, 0.717) is 35.5 Å². The van der Waals surface area contributed by atoms with Crippen molar-refractivity contribution in [2.75, 3.05) is 13.2 Å². The molecule has 2 aromatic carbocycles. The van der Waals surface area contributed by atoms with Gasteiger partial charge < -0.3 is 9.47 Å². The summed E-state index contributed by atoms with van der Waals surface area (Å²) in [6, 6.07) is 17.9. The van der Waals surface area contributed by atoms with Crippen molar-refractivity contribution in [3.8, 4) is 35.2 Å². The molecule has 2 heteroatoms. The van der Waals surface area contributed by atoms with Crippen molar-refractivity contribution >= 4 is 0 Å². The molecule has 320 valence electrons. The van der Waals surface area contributed by atoms with Gasteiger partial charge in [0.25, 0.3) is 0 Å². The van der Waals surface area contributed by atoms with Crippen LogP contribution in [0.5, 0.6) is 11.5 Å². The zero-order valence-corrected chi connectivity index (χ0v) is 37.9. The van der Waals surface area contributed by atoms with Crippen molar-refractivity contribution in [3.05, 3.63) is 83.0 Å². The number of hydrogen-bond acceptors (Lipinski definition) is 2. The van der Waals surface area contributed by atoms with Crippen molar-refractivity contribution < 1.29 is 9.47 Å². The maximum atomic E-state index is 5.94. The molecule has 0 heterocycles. The molecule has 0 unspecified atom stereocenters. The van der Waals surface area contributed by atoms with Gasteiger partial charge >= 0.3 is 0 Å². The molecule has 0 radical (unpaired) electrons. The lowest BCUT2D eigenvalue weighted by atomic mass is 9.73. The summed E-state index contributed by atoms with van der Waals surface area (Å²) in [6.45, 7) is 10.7. The van der Waals surface area contributed by atoms with Crippen LogP contribution in [0.3, 0.4) is 0 Å². The molecular formula is C57H80O2. The van der Waals surface area contributed by atoms with Gasteiger partial charge in [-0.2, -0.15) is 0 Å². The summed E-state index contributed by atoms with van der Waals surface area (Å²) in [5.74, 6) is 22.8. The van der Waals surface area contributed by atoms with E-state index in [1.807, 2.05) is 0 Å². The first-order valence-corrected chi connectivity index (χ1v) is 24.9. The molecular weight excluding hydrogens is 717 g/mol. The summed E-state index contributed by atoms with van der Waals surface area (Å²) in [5.41, 5.74) is 5.78. The molecule has 4 fully saturated rings. The average molecular weight is 797 g/mol. The Kier molecular flexibility index (Phi) is 19.0. The lowest BCUT2D eigenvalue weighted by molar-refractivity contribution is 0.286. The molecule has 59 heavy (non-hydrogen) atoms. The largest absolute Gasteiger partial charge is 0.494 e. The van der Waals surface area contributed by atoms with Gasteiger partial charge in [-0.1, -0.05) is 114 Å². The van der Waals surface area contributed by atoms with Crippen molar-refractivity contribution in [3.63, 3.8) is 0 Å². The van der Waals surface area contributed by atoms with E-state index in [0.717, 1.165) is 49.4 Å². The highest BCUT2D eigenvalue weighted by molar-refractivity contribution is 5.50. The van der Waals surface area contributed by atoms with E-state index in [2.05, 4.69) is 112 Å². The van der Waals surface area contributed by atoms with Crippen LogP contribution in [0, 0.1) is 59.2 Å². The van der Waals surface area contributed by atoms with Crippen molar-refractivity contribution in [1.82, 2.24) is 0 Å². The molecule has 0 aliphatic heterocycles. The molecule has 0 spiro atoms. The lowest BCUT2D eigenvalue weighted by Gasteiger charge is -2.31. The zero-order chi connectivity index (χ0) is 41.1. The molecule has 0 N–H and O–H groups in total. The minimum absolute atomic E-state index is 0.481. The Morgan fingerprint density at radius 2 is 1.05 bits per heavy atom. The molecule has 6 rings (SSSR count). The molecule has 4 saturated carbocycles. The van der Waals surface area contributed by atoms with E-state index in [1.54, 1.807) is 0 Å². The Hall–Kier alpha value is -3.36. The summed E-state index contributed by atoms with van der Waals surface area (Å²) in [7, 11) is 0. The molecule has 0 bridgehead atoms. The molecule has 4 aliphatic carbocycles. The number of benzene rings is 2. The van der Waals surface area contributed by atoms with Gasteiger partial charge in [0.2, 0.25) is 0 Å². The maximum absolute atomic E-state index is 5.94. The summed E-state index contributed by atoms with van der Waals surface area (Å²) in [6.07, 6.45) is 34.2. The predicted octanol–water partition coefficient (Wildman–Crippen LogP) is 16.0. The number of unbranched alkanes of at least 4 members (excludes halogenated alkanes) is 1. The number of allylic oxidation sites excluding steroid dienone is 4. The Balaban J connectivity index is 1.17. The van der Waals surface area contributed by atoms with Gasteiger partial charge in [-0.05, 0) is 198 Å². The van der Waals surface area contributed by atoms with Gasteiger partial charge in [0.05, 0.1) is 13.2 Å². The minimum atomic E-state index is 0.481. The van der Waals surface area contributed by atoms with Gasteiger partial charge in [-0.3, -0.25) is 0 Å². The number of ether oxygens (including phenoxy) is 2. The fourth-order valence-corrected chi connectivity index (χ4v) is 10.9. The molecule has 4 aliphatic rings. The Bertz CT molecular complexity index is 1670. The SMILES string of the molecule is CCCCOc1ccc([C@H]2CC[C@H](C#C/C=C(/C(C#CC3CCC(c4ccc(OCCC)cc4)CC3)=C[C@H]3CC[C@H](CCC)CC3)[C@H]3CC[C@H](CCC)CC3)CC2)cc1. The third-order valence-corrected chi connectivity index (χ3v) is 14.6. The summed E-state index contributed by atoms with van der Waals surface area (Å²) in [5, 5.41) is 0. The quantitative estimate of drug-likeness (QED) is 0.0957. The normalized spacial score (nSPS) is 27.8. The second-order valence-electron chi connectivity index (χ2n) is 19.1. The van der Waals surface area contributed by atoms with Crippen LogP contribution in [0.2, 0.25) is 0 Å². The first-order valence-electron chi connectivity index (χ1n) is 24.9. The van der Waals surface area contributed by atoms with Crippen molar-refractivity contribution in [2.24, 2.45) is 35.5 Å². The first kappa shape index (κ1) is 45.2. The highest BCUT2D eigenvalue weighted by Crippen LogP contribution is 2.41. The predicted molar refractivity (Wildman–Crippen MR) is 251 cm³/mol. The van der Waals surface area contributed by atoms with E-state index >= 15 is 0 Å². The van der Waals surface area contributed by atoms with Crippen molar-refractivity contribution in [2.45, 2.75) is 187 Å². The second-order valence-corrected chi connectivity index (χ2v) is 19.1. The summed E-state index contributed by atoms with van der Waals surface area (Å²) >= 11 is 0. The second kappa shape index (κ2) is 24.8. The number of rotatable bonds is 16. The monoisotopic (exact) mass is 797 g/mol. The van der Waals surface area contributed by atoms with E-state index in [4.69, 9.17) is 9.47 Å². The van der Waals surface area contributed by atoms with Crippen LogP contribution in [0.15, 0.2) is 71.8 Å². The molecule has 0 aromatic heterocycles. The fraction of sp³-hybridized carbons (Fsp3) is 0.649. The third-order valence-electron chi connectivity index (χ3n) is 14.6. The minimum Gasteiger partial charge on any atom is -0.494 e. The van der Waals surface area contributed by atoms with Crippen LogP contribution in [0.25, 0.3) is 0 Å². The highest BCUT2D eigenvalue weighted by atomic mass is 16.5. The smallest absolute Gasteiger partial charge is 0.119 e. The Morgan fingerprint density at radius 1 is 0.542 bits per heavy atom.